The Bertz CT molecular complexity index is 658. The van der Waals surface area contributed by atoms with E-state index in [0.717, 1.165) is 16.9 Å². The largest absolute Gasteiger partial charge is 0.544 e. The van der Waals surface area contributed by atoms with Crippen LogP contribution < -0.4 is 5.11 Å². The highest BCUT2D eigenvalue weighted by Gasteiger charge is 2.07. The van der Waals surface area contributed by atoms with E-state index in [1.807, 2.05) is 6.07 Å². The van der Waals surface area contributed by atoms with E-state index >= 15 is 0 Å². The standard InChI is InChI=1S/C14H9ClO3S/c15-10-4-2-1-3-9(10)5-6-11(16)12-7-8-13(19-12)14(17)18/h1-8H,(H,17,18)/p-1/b6-5+. The second-order valence-electron chi connectivity index (χ2n) is 3.67. The number of rotatable bonds is 4. The van der Waals surface area contributed by atoms with Crippen molar-refractivity contribution in [1.29, 1.82) is 0 Å². The summed E-state index contributed by atoms with van der Waals surface area (Å²) in [5.41, 5.74) is 0.731. The van der Waals surface area contributed by atoms with Gasteiger partial charge in [-0.05, 0) is 35.9 Å². The first-order valence-electron chi connectivity index (χ1n) is 5.36. The molecule has 0 saturated heterocycles. The molecule has 96 valence electrons. The average Bonchev–Trinajstić information content (AvgIpc) is 2.87. The zero-order valence-corrected chi connectivity index (χ0v) is 11.2. The number of hydrogen-bond donors (Lipinski definition) is 0. The first-order chi connectivity index (χ1) is 9.08. The summed E-state index contributed by atoms with van der Waals surface area (Å²) in [4.78, 5) is 22.8. The molecule has 0 atom stereocenters. The van der Waals surface area contributed by atoms with Crippen LogP contribution in [0.3, 0.4) is 0 Å². The number of hydrogen-bond acceptors (Lipinski definition) is 4. The number of benzene rings is 1. The van der Waals surface area contributed by atoms with Crippen LogP contribution in [0.5, 0.6) is 0 Å². The summed E-state index contributed by atoms with van der Waals surface area (Å²) >= 11 is 6.85. The van der Waals surface area contributed by atoms with Gasteiger partial charge in [-0.2, -0.15) is 0 Å². The van der Waals surface area contributed by atoms with Crippen molar-refractivity contribution in [2.24, 2.45) is 0 Å². The van der Waals surface area contributed by atoms with E-state index in [2.05, 4.69) is 0 Å². The summed E-state index contributed by atoms with van der Waals surface area (Å²) in [5, 5.41) is 11.2. The quantitative estimate of drug-likeness (QED) is 0.643. The SMILES string of the molecule is O=C([O-])c1ccc(C(=O)/C=C/c2ccccc2Cl)s1. The molecule has 0 bridgehead atoms. The lowest BCUT2D eigenvalue weighted by atomic mass is 10.2. The number of carboxylic acid groups (broad SMARTS) is 1. The third-order valence-electron chi connectivity index (χ3n) is 2.37. The summed E-state index contributed by atoms with van der Waals surface area (Å²) in [6.45, 7) is 0. The molecule has 0 unspecified atom stereocenters. The minimum absolute atomic E-state index is 0.0366. The maximum atomic E-state index is 11.8. The highest BCUT2D eigenvalue weighted by atomic mass is 35.5. The van der Waals surface area contributed by atoms with Crippen molar-refractivity contribution in [3.05, 3.63) is 62.8 Å². The van der Waals surface area contributed by atoms with Crippen LogP contribution in [0, 0.1) is 0 Å². The molecule has 3 nitrogen and oxygen atoms in total. The molecule has 0 aliphatic rings. The summed E-state index contributed by atoms with van der Waals surface area (Å²) in [6.07, 6.45) is 2.97. The number of carboxylic acids is 1. The molecule has 5 heteroatoms. The first kappa shape index (κ1) is 13.5. The van der Waals surface area contributed by atoms with E-state index < -0.39 is 5.97 Å². The van der Waals surface area contributed by atoms with Gasteiger partial charge in [0.1, 0.15) is 0 Å². The molecule has 0 saturated carbocycles. The third-order valence-corrected chi connectivity index (χ3v) is 3.79. The van der Waals surface area contributed by atoms with Crippen LogP contribution in [0.25, 0.3) is 6.08 Å². The number of ketones is 1. The maximum Gasteiger partial charge on any atom is 0.195 e. The van der Waals surface area contributed by atoms with Crippen LogP contribution in [0.15, 0.2) is 42.5 Å². The van der Waals surface area contributed by atoms with Gasteiger partial charge in [-0.15, -0.1) is 11.3 Å². The van der Waals surface area contributed by atoms with Gasteiger partial charge >= 0.3 is 0 Å². The van der Waals surface area contributed by atoms with Gasteiger partial charge in [0.25, 0.3) is 0 Å². The van der Waals surface area contributed by atoms with Gasteiger partial charge in [0.15, 0.2) is 5.78 Å². The van der Waals surface area contributed by atoms with Crippen molar-refractivity contribution in [3.63, 3.8) is 0 Å². The summed E-state index contributed by atoms with van der Waals surface area (Å²) in [5.74, 6) is -1.54. The summed E-state index contributed by atoms with van der Waals surface area (Å²) < 4.78 is 0. The lowest BCUT2D eigenvalue weighted by molar-refractivity contribution is -0.254. The van der Waals surface area contributed by atoms with E-state index in [1.165, 1.54) is 18.2 Å². The molecule has 0 radical (unpaired) electrons. The van der Waals surface area contributed by atoms with E-state index in [1.54, 1.807) is 24.3 Å². The Morgan fingerprint density at radius 2 is 1.79 bits per heavy atom. The van der Waals surface area contributed by atoms with Gasteiger partial charge in [0.2, 0.25) is 0 Å². The minimum Gasteiger partial charge on any atom is -0.544 e. The molecule has 0 fully saturated rings. The lowest BCUT2D eigenvalue weighted by Gasteiger charge is -1.96. The van der Waals surface area contributed by atoms with E-state index in [4.69, 9.17) is 11.6 Å². The van der Waals surface area contributed by atoms with Crippen molar-refractivity contribution < 1.29 is 14.7 Å². The number of halogens is 1. The number of aromatic carboxylic acids is 1. The highest BCUT2D eigenvalue weighted by Crippen LogP contribution is 2.19. The normalized spacial score (nSPS) is 10.8. The minimum atomic E-state index is -1.28. The predicted octanol–water partition coefficient (Wildman–Crippen LogP) is 2.66. The number of thiophene rings is 1. The zero-order valence-electron chi connectivity index (χ0n) is 9.63. The van der Waals surface area contributed by atoms with Crippen molar-refractivity contribution in [2.45, 2.75) is 0 Å². The molecule has 19 heavy (non-hydrogen) atoms. The van der Waals surface area contributed by atoms with Crippen molar-refractivity contribution in [3.8, 4) is 0 Å². The van der Waals surface area contributed by atoms with Crippen LogP contribution in [-0.4, -0.2) is 11.8 Å². The topological polar surface area (TPSA) is 57.2 Å². The van der Waals surface area contributed by atoms with Crippen LogP contribution >= 0.6 is 22.9 Å². The molecular formula is C14H8ClO3S-. The van der Waals surface area contributed by atoms with Gasteiger partial charge in [0, 0.05) is 5.02 Å². The Labute approximate surface area is 118 Å². The number of allylic oxidation sites excluding steroid dienone is 1. The lowest BCUT2D eigenvalue weighted by Crippen LogP contribution is -2.20. The fourth-order valence-electron chi connectivity index (χ4n) is 1.44. The predicted molar refractivity (Wildman–Crippen MR) is 73.5 cm³/mol. The Hall–Kier alpha value is -1.91. The van der Waals surface area contributed by atoms with Crippen LogP contribution in [0.4, 0.5) is 0 Å². The Kier molecular flexibility index (Phi) is 4.14. The molecule has 0 amide bonds. The monoisotopic (exact) mass is 291 g/mol. The number of carbonyl (C=O) groups excluding carboxylic acids is 2. The van der Waals surface area contributed by atoms with Crippen LogP contribution in [-0.2, 0) is 0 Å². The van der Waals surface area contributed by atoms with Crippen molar-refractivity contribution >= 4 is 40.8 Å². The van der Waals surface area contributed by atoms with Crippen LogP contribution in [0.1, 0.15) is 24.9 Å². The summed E-state index contributed by atoms with van der Waals surface area (Å²) in [7, 11) is 0. The fraction of sp³-hybridized carbons (Fsp3) is 0. The molecule has 1 aromatic heterocycles. The molecule has 0 N–H and O–H groups in total. The molecule has 0 aliphatic carbocycles. The van der Waals surface area contributed by atoms with Gasteiger partial charge in [0.05, 0.1) is 15.7 Å². The number of carbonyl (C=O) groups is 2. The molecule has 1 aromatic carbocycles. The Morgan fingerprint density at radius 3 is 2.42 bits per heavy atom. The Morgan fingerprint density at radius 1 is 1.11 bits per heavy atom. The molecular weight excluding hydrogens is 284 g/mol. The first-order valence-corrected chi connectivity index (χ1v) is 6.55. The molecule has 2 aromatic rings. The average molecular weight is 292 g/mol. The van der Waals surface area contributed by atoms with Crippen LogP contribution in [0.2, 0.25) is 5.02 Å². The smallest absolute Gasteiger partial charge is 0.195 e. The van der Waals surface area contributed by atoms with Gasteiger partial charge in [-0.1, -0.05) is 29.8 Å². The molecule has 1 heterocycles. The summed E-state index contributed by atoms with van der Waals surface area (Å²) in [6, 6.07) is 9.95. The van der Waals surface area contributed by atoms with Crippen molar-refractivity contribution in [2.75, 3.05) is 0 Å². The van der Waals surface area contributed by atoms with Crippen molar-refractivity contribution in [1.82, 2.24) is 0 Å². The van der Waals surface area contributed by atoms with E-state index in [9.17, 15) is 14.7 Å². The van der Waals surface area contributed by atoms with E-state index in [-0.39, 0.29) is 10.7 Å². The third kappa shape index (κ3) is 3.30. The zero-order chi connectivity index (χ0) is 13.8. The second kappa shape index (κ2) is 5.82. The molecule has 0 aliphatic heterocycles. The Balaban J connectivity index is 2.17. The fourth-order valence-corrected chi connectivity index (χ4v) is 2.40. The molecule has 0 spiro atoms. The van der Waals surface area contributed by atoms with E-state index in [0.29, 0.717) is 9.90 Å². The van der Waals surface area contributed by atoms with Gasteiger partial charge in [-0.3, -0.25) is 4.79 Å². The maximum absolute atomic E-state index is 11.8. The van der Waals surface area contributed by atoms with Gasteiger partial charge in [-0.25, -0.2) is 0 Å². The van der Waals surface area contributed by atoms with Gasteiger partial charge < -0.3 is 9.90 Å². The molecule has 2 rings (SSSR count). The second-order valence-corrected chi connectivity index (χ2v) is 5.16. The highest BCUT2D eigenvalue weighted by molar-refractivity contribution is 7.16.